The van der Waals surface area contributed by atoms with Crippen molar-refractivity contribution in [2.75, 3.05) is 11.4 Å². The summed E-state index contributed by atoms with van der Waals surface area (Å²) in [6, 6.07) is 5.54. The molecule has 0 fully saturated rings. The third-order valence-corrected chi connectivity index (χ3v) is 3.17. The van der Waals surface area contributed by atoms with Gasteiger partial charge < -0.3 is 4.90 Å². The quantitative estimate of drug-likeness (QED) is 0.789. The molecule has 3 rings (SSSR count). The maximum atomic E-state index is 13.3. The lowest BCUT2D eigenvalue weighted by Gasteiger charge is -2.17. The highest BCUT2D eigenvalue weighted by Crippen LogP contribution is 2.31. The van der Waals surface area contributed by atoms with Crippen LogP contribution in [0.5, 0.6) is 0 Å². The van der Waals surface area contributed by atoms with Crippen molar-refractivity contribution in [3.63, 3.8) is 0 Å². The first-order valence-electron chi connectivity index (χ1n) is 5.86. The summed E-state index contributed by atoms with van der Waals surface area (Å²) in [6.07, 6.45) is 3.56. The highest BCUT2D eigenvalue weighted by molar-refractivity contribution is 6.07. The Morgan fingerprint density at radius 2 is 2.05 bits per heavy atom. The summed E-state index contributed by atoms with van der Waals surface area (Å²) in [7, 11) is 0. The highest BCUT2D eigenvalue weighted by Gasteiger charge is 2.27. The summed E-state index contributed by atoms with van der Waals surface area (Å²) in [5.74, 6) is -2.07. The van der Waals surface area contributed by atoms with Crippen LogP contribution in [0.4, 0.5) is 14.5 Å². The van der Waals surface area contributed by atoms with E-state index in [-0.39, 0.29) is 5.91 Å². The fourth-order valence-electron chi connectivity index (χ4n) is 2.24. The Morgan fingerprint density at radius 1 is 1.26 bits per heavy atom. The van der Waals surface area contributed by atoms with Crippen LogP contribution in [0.25, 0.3) is 0 Å². The molecule has 1 amide bonds. The molecule has 0 N–H and O–H groups in total. The number of halogens is 2. The van der Waals surface area contributed by atoms with Crippen molar-refractivity contribution < 1.29 is 13.6 Å². The summed E-state index contributed by atoms with van der Waals surface area (Å²) in [5, 5.41) is 0. The number of nitrogens with zero attached hydrogens (tertiary/aromatic N) is 2. The Morgan fingerprint density at radius 3 is 2.79 bits per heavy atom. The highest BCUT2D eigenvalue weighted by atomic mass is 19.2. The van der Waals surface area contributed by atoms with Crippen LogP contribution in [-0.2, 0) is 6.42 Å². The number of hydrogen-bond donors (Lipinski definition) is 0. The number of amides is 1. The van der Waals surface area contributed by atoms with E-state index in [9.17, 15) is 13.6 Å². The fourth-order valence-corrected chi connectivity index (χ4v) is 2.24. The van der Waals surface area contributed by atoms with Crippen molar-refractivity contribution in [1.82, 2.24) is 4.98 Å². The minimum Gasteiger partial charge on any atom is -0.308 e. The van der Waals surface area contributed by atoms with Crippen molar-refractivity contribution in [3.05, 3.63) is 59.4 Å². The predicted octanol–water partition coefficient (Wildman–Crippen LogP) is 2.56. The number of anilines is 1. The molecular weight excluding hydrogens is 250 g/mol. The van der Waals surface area contributed by atoms with Crippen LogP contribution in [0, 0.1) is 11.6 Å². The topological polar surface area (TPSA) is 33.2 Å². The molecule has 5 heteroatoms. The van der Waals surface area contributed by atoms with Crippen LogP contribution in [0.1, 0.15) is 15.9 Å². The maximum Gasteiger partial charge on any atom is 0.259 e. The first-order valence-corrected chi connectivity index (χ1v) is 5.86. The lowest BCUT2D eigenvalue weighted by atomic mass is 10.1. The van der Waals surface area contributed by atoms with Gasteiger partial charge in [0, 0.05) is 25.0 Å². The van der Waals surface area contributed by atoms with Gasteiger partial charge >= 0.3 is 0 Å². The zero-order valence-corrected chi connectivity index (χ0v) is 9.94. The standard InChI is InChI=1S/C14H10F2N2O/c15-11-6-9-3-5-18(13(9)7-12(11)16)14(19)10-2-1-4-17-8-10/h1-2,4,6-8H,3,5H2. The van der Waals surface area contributed by atoms with Crippen molar-refractivity contribution >= 4 is 11.6 Å². The zero-order valence-electron chi connectivity index (χ0n) is 9.94. The van der Waals surface area contributed by atoms with Gasteiger partial charge in [-0.15, -0.1) is 0 Å². The van der Waals surface area contributed by atoms with Gasteiger partial charge in [-0.25, -0.2) is 8.78 Å². The summed E-state index contributed by atoms with van der Waals surface area (Å²) < 4.78 is 26.4. The molecule has 0 bridgehead atoms. The van der Waals surface area contributed by atoms with Crippen LogP contribution in [-0.4, -0.2) is 17.4 Å². The Labute approximate surface area is 108 Å². The van der Waals surface area contributed by atoms with Gasteiger partial charge in [0.1, 0.15) is 0 Å². The van der Waals surface area contributed by atoms with E-state index in [0.29, 0.717) is 29.8 Å². The van der Waals surface area contributed by atoms with E-state index >= 15 is 0 Å². The van der Waals surface area contributed by atoms with Crippen LogP contribution in [0.3, 0.4) is 0 Å². The summed E-state index contributed by atoms with van der Waals surface area (Å²) in [4.78, 5) is 17.6. The molecule has 19 heavy (non-hydrogen) atoms. The molecule has 0 unspecified atom stereocenters. The zero-order chi connectivity index (χ0) is 13.4. The molecule has 1 aromatic heterocycles. The molecule has 2 heterocycles. The number of carbonyl (C=O) groups excluding carboxylic acids is 1. The van der Waals surface area contributed by atoms with Crippen LogP contribution in [0.2, 0.25) is 0 Å². The molecule has 0 atom stereocenters. The normalized spacial score (nSPS) is 13.5. The summed E-state index contributed by atoms with van der Waals surface area (Å²) in [5.41, 5.74) is 1.52. The van der Waals surface area contributed by atoms with E-state index in [1.807, 2.05) is 0 Å². The van der Waals surface area contributed by atoms with Gasteiger partial charge in [0.05, 0.1) is 11.3 Å². The lowest BCUT2D eigenvalue weighted by Crippen LogP contribution is -2.29. The Hall–Kier alpha value is -2.30. The number of hydrogen-bond acceptors (Lipinski definition) is 2. The summed E-state index contributed by atoms with van der Waals surface area (Å²) in [6.45, 7) is 0.423. The van der Waals surface area contributed by atoms with Gasteiger partial charge in [0.2, 0.25) is 0 Å². The maximum absolute atomic E-state index is 13.3. The molecule has 0 spiro atoms. The minimum atomic E-state index is -0.940. The molecule has 2 aromatic rings. The van der Waals surface area contributed by atoms with Crippen LogP contribution >= 0.6 is 0 Å². The van der Waals surface area contributed by atoms with Gasteiger partial charge in [-0.05, 0) is 30.2 Å². The van der Waals surface area contributed by atoms with Crippen LogP contribution < -0.4 is 4.90 Å². The Kier molecular flexibility index (Phi) is 2.74. The Bertz CT molecular complexity index is 643. The Balaban J connectivity index is 1.99. The van der Waals surface area contributed by atoms with Gasteiger partial charge in [-0.1, -0.05) is 0 Å². The van der Waals surface area contributed by atoms with Crippen molar-refractivity contribution in [2.24, 2.45) is 0 Å². The predicted molar refractivity (Wildman–Crippen MR) is 66.0 cm³/mol. The van der Waals surface area contributed by atoms with E-state index in [1.165, 1.54) is 11.1 Å². The van der Waals surface area contributed by atoms with Gasteiger partial charge in [-0.2, -0.15) is 0 Å². The first kappa shape index (κ1) is 11.8. The summed E-state index contributed by atoms with van der Waals surface area (Å²) >= 11 is 0. The second-order valence-electron chi connectivity index (χ2n) is 4.34. The van der Waals surface area contributed by atoms with E-state index < -0.39 is 11.6 Å². The molecule has 1 aliphatic rings. The first-order chi connectivity index (χ1) is 9.16. The molecule has 3 nitrogen and oxygen atoms in total. The fraction of sp³-hybridized carbons (Fsp3) is 0.143. The van der Waals surface area contributed by atoms with Gasteiger partial charge in [0.15, 0.2) is 11.6 Å². The second kappa shape index (κ2) is 4.42. The van der Waals surface area contributed by atoms with E-state index in [2.05, 4.69) is 4.98 Å². The lowest BCUT2D eigenvalue weighted by molar-refractivity contribution is 0.0989. The molecule has 0 radical (unpaired) electrons. The number of carbonyl (C=O) groups is 1. The van der Waals surface area contributed by atoms with E-state index in [1.54, 1.807) is 18.3 Å². The number of rotatable bonds is 1. The van der Waals surface area contributed by atoms with Crippen LogP contribution in [0.15, 0.2) is 36.7 Å². The number of aromatic nitrogens is 1. The van der Waals surface area contributed by atoms with Gasteiger partial charge in [-0.3, -0.25) is 9.78 Å². The molecule has 0 saturated heterocycles. The molecule has 1 aromatic carbocycles. The number of pyridine rings is 1. The number of fused-ring (bicyclic) bond motifs is 1. The van der Waals surface area contributed by atoms with E-state index in [4.69, 9.17) is 0 Å². The minimum absolute atomic E-state index is 0.252. The average molecular weight is 260 g/mol. The van der Waals surface area contributed by atoms with E-state index in [0.717, 1.165) is 12.1 Å². The molecule has 1 aliphatic heterocycles. The molecular formula is C14H10F2N2O. The van der Waals surface area contributed by atoms with Gasteiger partial charge in [0.25, 0.3) is 5.91 Å². The largest absolute Gasteiger partial charge is 0.308 e. The third kappa shape index (κ3) is 1.97. The SMILES string of the molecule is O=C(c1cccnc1)N1CCc2cc(F)c(F)cc21. The average Bonchev–Trinajstić information content (AvgIpc) is 2.82. The number of benzene rings is 1. The van der Waals surface area contributed by atoms with Crippen molar-refractivity contribution in [2.45, 2.75) is 6.42 Å². The smallest absolute Gasteiger partial charge is 0.259 e. The van der Waals surface area contributed by atoms with Crippen molar-refractivity contribution in [3.8, 4) is 0 Å². The monoisotopic (exact) mass is 260 g/mol. The second-order valence-corrected chi connectivity index (χ2v) is 4.34. The molecule has 0 aliphatic carbocycles. The molecule has 96 valence electrons. The van der Waals surface area contributed by atoms with Crippen molar-refractivity contribution in [1.29, 1.82) is 0 Å². The third-order valence-electron chi connectivity index (χ3n) is 3.17. The molecule has 0 saturated carbocycles.